The fourth-order valence-corrected chi connectivity index (χ4v) is 3.21. The minimum Gasteiger partial charge on any atom is -0.268 e. The number of benzene rings is 2. The molecule has 9 heteroatoms. The van der Waals surface area contributed by atoms with Crippen molar-refractivity contribution in [2.45, 2.75) is 19.8 Å². The summed E-state index contributed by atoms with van der Waals surface area (Å²) in [6.45, 7) is 2.81. The summed E-state index contributed by atoms with van der Waals surface area (Å²) in [5.74, 6) is 0.292. The molecular weight excluding hydrogens is 410 g/mol. The molecule has 0 bridgehead atoms. The lowest BCUT2D eigenvalue weighted by atomic mass is 10.2. The Kier molecular flexibility index (Phi) is 7.40. The molecule has 0 fully saturated rings. The Balaban J connectivity index is 1.90. The highest BCUT2D eigenvalue weighted by Gasteiger charge is 2.11. The Morgan fingerprint density at radius 2 is 2.00 bits per heavy atom. The lowest BCUT2D eigenvalue weighted by molar-refractivity contribution is 0.261. The van der Waals surface area contributed by atoms with E-state index in [0.717, 1.165) is 31.3 Å². The third-order valence-electron chi connectivity index (χ3n) is 4.02. The van der Waals surface area contributed by atoms with Crippen molar-refractivity contribution in [2.24, 2.45) is 5.10 Å². The van der Waals surface area contributed by atoms with E-state index in [4.69, 9.17) is 11.6 Å². The molecule has 0 aliphatic heterocycles. The average molecular weight is 430 g/mol. The number of hydrogen-bond donors (Lipinski definition) is 2. The smallest absolute Gasteiger partial charge is 0.268 e. The van der Waals surface area contributed by atoms with Gasteiger partial charge in [0.1, 0.15) is 0 Å². The van der Waals surface area contributed by atoms with Crippen LogP contribution < -0.4 is 15.7 Å². The normalized spacial score (nSPS) is 11.2. The van der Waals surface area contributed by atoms with E-state index in [1.54, 1.807) is 42.5 Å². The van der Waals surface area contributed by atoms with Crippen molar-refractivity contribution in [3.05, 3.63) is 69.7 Å². The topological polar surface area (TPSA) is 88.4 Å². The van der Waals surface area contributed by atoms with Crippen molar-refractivity contribution in [2.75, 3.05) is 6.54 Å². The molecule has 3 rings (SSSR count). The highest BCUT2D eigenvalue weighted by atomic mass is 35.5. The van der Waals surface area contributed by atoms with Gasteiger partial charge in [-0.15, -0.1) is 0 Å². The molecular formula is C20H20ClN5O2S. The fourth-order valence-electron chi connectivity index (χ4n) is 2.61. The Hall–Kier alpha value is -2.68. The van der Waals surface area contributed by atoms with Crippen LogP contribution >= 0.6 is 23.5 Å². The van der Waals surface area contributed by atoms with Gasteiger partial charge in [-0.3, -0.25) is 18.9 Å². The molecule has 0 radical (unpaired) electrons. The Morgan fingerprint density at radius 3 is 2.76 bits per heavy atom. The number of hydrogen-bond acceptors (Lipinski definition) is 6. The molecule has 0 atom stereocenters. The zero-order valence-electron chi connectivity index (χ0n) is 15.8. The molecule has 0 spiro atoms. The number of rotatable bonds is 7. The zero-order chi connectivity index (χ0) is 20.6. The molecule has 0 saturated carbocycles. The number of aromatic nitrogens is 2. The Labute approximate surface area is 177 Å². The first-order valence-electron chi connectivity index (χ1n) is 9.10. The van der Waals surface area contributed by atoms with Crippen LogP contribution in [0.4, 0.5) is 4.79 Å². The van der Waals surface area contributed by atoms with Crippen LogP contribution in [0.2, 0.25) is 5.02 Å². The van der Waals surface area contributed by atoms with E-state index in [0.29, 0.717) is 27.4 Å². The lowest BCUT2D eigenvalue weighted by Crippen LogP contribution is -2.24. The summed E-state index contributed by atoms with van der Waals surface area (Å²) in [5.41, 5.74) is 3.33. The summed E-state index contributed by atoms with van der Waals surface area (Å²) in [4.78, 5) is 29.4. The summed E-state index contributed by atoms with van der Waals surface area (Å²) in [7, 11) is 0. The third kappa shape index (κ3) is 5.44. The van der Waals surface area contributed by atoms with E-state index >= 15 is 0 Å². The molecule has 0 aliphatic rings. The number of halogens is 1. The summed E-state index contributed by atoms with van der Waals surface area (Å²) in [6.07, 6.45) is 3.38. The standard InChI is InChI=1S/C20H20ClN5O2S/c1-2-3-12-23-29-20(28)25-22-13-18-24-17-7-5-4-6-16(17)19(27)26(18)15-10-8-14(21)9-11-15/h4-11,13,23H,2-3,12H2,1H3,(H,25,28)/b22-13+. The van der Waals surface area contributed by atoms with Gasteiger partial charge < -0.3 is 0 Å². The number of unbranched alkanes of at least 4 members (excludes halogenated alkanes) is 1. The van der Waals surface area contributed by atoms with Gasteiger partial charge in [0.2, 0.25) is 0 Å². The van der Waals surface area contributed by atoms with Gasteiger partial charge in [-0.1, -0.05) is 37.1 Å². The Morgan fingerprint density at radius 1 is 1.24 bits per heavy atom. The predicted molar refractivity (Wildman–Crippen MR) is 119 cm³/mol. The summed E-state index contributed by atoms with van der Waals surface area (Å²) < 4.78 is 4.39. The van der Waals surface area contributed by atoms with E-state index in [9.17, 15) is 9.59 Å². The van der Waals surface area contributed by atoms with Crippen molar-refractivity contribution in [1.29, 1.82) is 0 Å². The Bertz CT molecular complexity index is 1080. The molecule has 1 heterocycles. The number of nitrogens with one attached hydrogen (secondary N) is 2. The van der Waals surface area contributed by atoms with Gasteiger partial charge >= 0.3 is 5.24 Å². The van der Waals surface area contributed by atoms with Gasteiger partial charge in [0, 0.05) is 23.5 Å². The lowest BCUT2D eigenvalue weighted by Gasteiger charge is -2.11. The molecule has 7 nitrogen and oxygen atoms in total. The summed E-state index contributed by atoms with van der Waals surface area (Å²) in [5, 5.41) is 4.66. The van der Waals surface area contributed by atoms with Gasteiger partial charge in [-0.05, 0) is 42.8 Å². The van der Waals surface area contributed by atoms with Crippen LogP contribution in [0.3, 0.4) is 0 Å². The van der Waals surface area contributed by atoms with Crippen LogP contribution in [0.5, 0.6) is 0 Å². The van der Waals surface area contributed by atoms with Gasteiger partial charge in [0.15, 0.2) is 5.82 Å². The molecule has 29 heavy (non-hydrogen) atoms. The third-order valence-corrected chi connectivity index (χ3v) is 4.90. The highest BCUT2D eigenvalue weighted by Crippen LogP contribution is 2.15. The van der Waals surface area contributed by atoms with E-state index in [1.807, 2.05) is 6.07 Å². The molecule has 1 amide bonds. The highest BCUT2D eigenvalue weighted by molar-refractivity contribution is 8.11. The SMILES string of the molecule is CCCCNSC(=O)N/N=C/c1nc2ccccc2c(=O)n1-c1ccc(Cl)cc1. The quantitative estimate of drug-likeness (QED) is 0.255. The van der Waals surface area contributed by atoms with Crippen LogP contribution in [-0.4, -0.2) is 27.5 Å². The molecule has 0 aliphatic carbocycles. The molecule has 0 unspecified atom stereocenters. The molecule has 0 saturated heterocycles. The van der Waals surface area contributed by atoms with Crippen LogP contribution in [0.1, 0.15) is 25.6 Å². The molecule has 3 aromatic rings. The van der Waals surface area contributed by atoms with Crippen LogP contribution in [-0.2, 0) is 0 Å². The maximum atomic E-state index is 13.1. The number of nitrogens with zero attached hydrogens (tertiary/aromatic N) is 3. The summed E-state index contributed by atoms with van der Waals surface area (Å²) >= 11 is 6.91. The number of carbonyl (C=O) groups excluding carboxylic acids is 1. The monoisotopic (exact) mass is 429 g/mol. The van der Waals surface area contributed by atoms with Crippen molar-refractivity contribution in [1.82, 2.24) is 19.7 Å². The molecule has 150 valence electrons. The van der Waals surface area contributed by atoms with E-state index in [2.05, 4.69) is 27.2 Å². The minimum atomic E-state index is -0.349. The van der Waals surface area contributed by atoms with Crippen LogP contribution in [0.15, 0.2) is 58.4 Å². The number of amides is 1. The van der Waals surface area contributed by atoms with Gasteiger partial charge in [-0.2, -0.15) is 5.10 Å². The predicted octanol–water partition coefficient (Wildman–Crippen LogP) is 4.12. The fraction of sp³-hybridized carbons (Fsp3) is 0.200. The van der Waals surface area contributed by atoms with Gasteiger partial charge in [0.25, 0.3) is 5.56 Å². The second-order valence-corrected chi connectivity index (χ2v) is 7.41. The van der Waals surface area contributed by atoms with Crippen molar-refractivity contribution < 1.29 is 4.79 Å². The molecule has 2 N–H and O–H groups in total. The second-order valence-electron chi connectivity index (χ2n) is 6.11. The minimum absolute atomic E-state index is 0.235. The largest absolute Gasteiger partial charge is 0.314 e. The van der Waals surface area contributed by atoms with Crippen molar-refractivity contribution >= 4 is 45.9 Å². The van der Waals surface area contributed by atoms with E-state index in [-0.39, 0.29) is 10.8 Å². The average Bonchev–Trinajstić information content (AvgIpc) is 2.72. The number of para-hydroxylation sites is 1. The van der Waals surface area contributed by atoms with Crippen LogP contribution in [0.25, 0.3) is 16.6 Å². The first kappa shape index (κ1) is 21.0. The number of carbonyl (C=O) groups is 1. The van der Waals surface area contributed by atoms with Crippen LogP contribution in [0, 0.1) is 0 Å². The first-order chi connectivity index (χ1) is 14.1. The molecule has 1 aromatic heterocycles. The van der Waals surface area contributed by atoms with Crippen molar-refractivity contribution in [3.8, 4) is 5.69 Å². The number of fused-ring (bicyclic) bond motifs is 1. The maximum Gasteiger partial charge on any atom is 0.314 e. The van der Waals surface area contributed by atoms with E-state index in [1.165, 1.54) is 10.8 Å². The van der Waals surface area contributed by atoms with Gasteiger partial charge in [0.05, 0.1) is 22.8 Å². The van der Waals surface area contributed by atoms with Gasteiger partial charge in [-0.25, -0.2) is 10.4 Å². The maximum absolute atomic E-state index is 13.1. The number of hydrazone groups is 1. The van der Waals surface area contributed by atoms with E-state index < -0.39 is 0 Å². The first-order valence-corrected chi connectivity index (χ1v) is 10.3. The summed E-state index contributed by atoms with van der Waals surface area (Å²) in [6, 6.07) is 13.9. The molecule has 2 aromatic carbocycles. The van der Waals surface area contributed by atoms with Crippen molar-refractivity contribution in [3.63, 3.8) is 0 Å². The zero-order valence-corrected chi connectivity index (χ0v) is 17.3. The second kappa shape index (κ2) is 10.2.